The Morgan fingerprint density at radius 3 is 1.41 bits per heavy atom. The summed E-state index contributed by atoms with van der Waals surface area (Å²) in [7, 11) is 0. The maximum absolute atomic E-state index is 10.3. The van der Waals surface area contributed by atoms with Crippen molar-refractivity contribution in [2.75, 3.05) is 0 Å². The largest absolute Gasteiger partial charge is 2.00 e. The predicted octanol–water partition coefficient (Wildman–Crippen LogP) is -0.651. The molecule has 2 rings (SSSR count). The topological polar surface area (TPSA) is 91.5 Å². The molecule has 2 aromatic rings. The van der Waals surface area contributed by atoms with Crippen LogP contribution in [0.4, 0.5) is 0 Å². The molecule has 0 aliphatic carbocycles. The summed E-state index contributed by atoms with van der Waals surface area (Å²) in [6, 6.07) is 2.63. The molecular weight excluding hydrogens is 314 g/mol. The van der Waals surface area contributed by atoms with Crippen LogP contribution in [0, 0.1) is 0 Å². The Bertz CT molecular complexity index is 520. The monoisotopic (exact) mass is 318 g/mol. The van der Waals surface area contributed by atoms with Crippen LogP contribution in [-0.2, 0) is 44.7 Å². The first-order chi connectivity index (χ1) is 7.58. The molecule has 2 aromatic heterocycles. The average Bonchev–Trinajstić information content (AvgIpc) is 2.17. The Hall–Kier alpha value is -1.18. The molecule has 6 nitrogen and oxygen atoms in total. The molecule has 0 amide bonds. The Labute approximate surface area is 120 Å². The summed E-state index contributed by atoms with van der Waals surface area (Å²) in [6.07, 6.45) is 2.75. The Morgan fingerprint density at radius 1 is 0.882 bits per heavy atom. The first-order valence-electron chi connectivity index (χ1n) is 4.02. The SMILES string of the molecule is O=c1ccnc([S-])[nH]1.O=c1ccnc([S-])[nH]1.[Zn+2]. The van der Waals surface area contributed by atoms with Gasteiger partial charge in [0.25, 0.3) is 0 Å². The van der Waals surface area contributed by atoms with Gasteiger partial charge in [0.1, 0.15) is 0 Å². The molecule has 0 aliphatic rings. The fourth-order valence-electron chi connectivity index (χ4n) is 0.704. The summed E-state index contributed by atoms with van der Waals surface area (Å²) in [5.74, 6) is 0. The number of aromatic nitrogens is 4. The second-order valence-corrected chi connectivity index (χ2v) is 3.25. The van der Waals surface area contributed by atoms with E-state index in [1.165, 1.54) is 24.5 Å². The molecule has 9 heteroatoms. The third-order valence-corrected chi connectivity index (χ3v) is 1.71. The van der Waals surface area contributed by atoms with Crippen molar-refractivity contribution in [3.8, 4) is 0 Å². The molecule has 0 radical (unpaired) electrons. The number of nitrogens with one attached hydrogen (secondary N) is 2. The van der Waals surface area contributed by atoms with Crippen LogP contribution < -0.4 is 11.1 Å². The van der Waals surface area contributed by atoms with Crippen molar-refractivity contribution < 1.29 is 19.5 Å². The van der Waals surface area contributed by atoms with Gasteiger partial charge < -0.3 is 35.2 Å². The summed E-state index contributed by atoms with van der Waals surface area (Å²) >= 11 is 9.07. The van der Waals surface area contributed by atoms with Crippen molar-refractivity contribution in [3.05, 3.63) is 45.2 Å². The molecule has 2 N–H and O–H groups in total. The van der Waals surface area contributed by atoms with Gasteiger partial charge in [0.05, 0.1) is 0 Å². The van der Waals surface area contributed by atoms with Gasteiger partial charge in [-0.15, -0.1) is 0 Å². The maximum atomic E-state index is 10.3. The second-order valence-electron chi connectivity index (χ2n) is 2.48. The summed E-state index contributed by atoms with van der Waals surface area (Å²) < 4.78 is 0. The van der Waals surface area contributed by atoms with Gasteiger partial charge in [-0.25, -0.2) is 0 Å². The van der Waals surface area contributed by atoms with E-state index >= 15 is 0 Å². The molecular formula is C8H6N4O2S2Zn. The van der Waals surface area contributed by atoms with E-state index in [4.69, 9.17) is 0 Å². The van der Waals surface area contributed by atoms with Crippen LogP contribution in [0.1, 0.15) is 0 Å². The van der Waals surface area contributed by atoms with Crippen LogP contribution in [0.5, 0.6) is 0 Å². The zero-order valence-electron chi connectivity index (χ0n) is 8.54. The molecule has 2 heterocycles. The van der Waals surface area contributed by atoms with Crippen LogP contribution in [0.3, 0.4) is 0 Å². The molecule has 0 saturated carbocycles. The van der Waals surface area contributed by atoms with Crippen LogP contribution in [-0.4, -0.2) is 19.9 Å². The smallest absolute Gasteiger partial charge is 0.742 e. The van der Waals surface area contributed by atoms with Gasteiger partial charge in [-0.1, -0.05) is 0 Å². The van der Waals surface area contributed by atoms with Crippen LogP contribution in [0.2, 0.25) is 0 Å². The zero-order valence-corrected chi connectivity index (χ0v) is 13.1. The summed E-state index contributed by atoms with van der Waals surface area (Å²) in [5, 5.41) is 0.468. The first kappa shape index (κ1) is 15.8. The van der Waals surface area contributed by atoms with Crippen molar-refractivity contribution >= 4 is 25.3 Å². The minimum Gasteiger partial charge on any atom is -0.742 e. The second kappa shape index (κ2) is 7.99. The van der Waals surface area contributed by atoms with E-state index in [0.29, 0.717) is 0 Å². The van der Waals surface area contributed by atoms with Crippen LogP contribution in [0.25, 0.3) is 0 Å². The standard InChI is InChI=1S/2C4H4N2OS.Zn/c2*7-3-1-2-5-4(8)6-3;/h2*1-2H,(H2,5,6,7,8);/q;;+2/p-2. The Balaban J connectivity index is 0.000000284. The van der Waals surface area contributed by atoms with Crippen molar-refractivity contribution in [2.45, 2.75) is 10.3 Å². The van der Waals surface area contributed by atoms with Crippen molar-refractivity contribution in [1.29, 1.82) is 0 Å². The van der Waals surface area contributed by atoms with Crippen molar-refractivity contribution in [1.82, 2.24) is 19.9 Å². The minimum atomic E-state index is -0.204. The van der Waals surface area contributed by atoms with E-state index in [0.717, 1.165) is 0 Å². The van der Waals surface area contributed by atoms with E-state index < -0.39 is 0 Å². The van der Waals surface area contributed by atoms with E-state index in [9.17, 15) is 9.59 Å². The predicted molar refractivity (Wildman–Crippen MR) is 61.0 cm³/mol. The van der Waals surface area contributed by atoms with Gasteiger partial charge in [0.15, 0.2) is 0 Å². The zero-order chi connectivity index (χ0) is 12.0. The molecule has 0 aromatic carbocycles. The van der Waals surface area contributed by atoms with E-state index in [1.54, 1.807) is 0 Å². The summed E-state index contributed by atoms with van der Waals surface area (Å²) in [5.41, 5.74) is -0.407. The number of aromatic amines is 2. The van der Waals surface area contributed by atoms with Gasteiger partial charge in [0, 0.05) is 24.5 Å². The molecule has 84 valence electrons. The minimum absolute atomic E-state index is 0. The van der Waals surface area contributed by atoms with Crippen LogP contribution in [0.15, 0.2) is 44.4 Å². The maximum Gasteiger partial charge on any atom is 2.00 e. The molecule has 0 atom stereocenters. The van der Waals surface area contributed by atoms with Crippen molar-refractivity contribution in [2.24, 2.45) is 0 Å². The van der Waals surface area contributed by atoms with Gasteiger partial charge in [-0.2, -0.15) is 0 Å². The third kappa shape index (κ3) is 6.88. The number of hydrogen-bond acceptors (Lipinski definition) is 6. The molecule has 17 heavy (non-hydrogen) atoms. The van der Waals surface area contributed by atoms with Crippen molar-refractivity contribution in [3.63, 3.8) is 0 Å². The van der Waals surface area contributed by atoms with E-state index in [2.05, 4.69) is 45.2 Å². The van der Waals surface area contributed by atoms with Gasteiger partial charge >= 0.3 is 19.5 Å². The van der Waals surface area contributed by atoms with E-state index in [-0.39, 0.29) is 40.9 Å². The Morgan fingerprint density at radius 2 is 1.24 bits per heavy atom. The molecule has 0 unspecified atom stereocenters. The quantitative estimate of drug-likeness (QED) is 0.381. The van der Waals surface area contributed by atoms with Gasteiger partial charge in [-0.05, 0) is 10.3 Å². The molecule has 0 aliphatic heterocycles. The van der Waals surface area contributed by atoms with E-state index in [1.807, 2.05) is 0 Å². The fraction of sp³-hybridized carbons (Fsp3) is 0. The molecule has 0 bridgehead atoms. The number of H-pyrrole nitrogens is 2. The number of nitrogens with zero attached hydrogens (tertiary/aromatic N) is 2. The average molecular weight is 320 g/mol. The fourth-order valence-corrected chi connectivity index (χ4v) is 1.03. The van der Waals surface area contributed by atoms with Crippen LogP contribution >= 0.6 is 0 Å². The van der Waals surface area contributed by atoms with Gasteiger partial charge in [0.2, 0.25) is 11.1 Å². The Kier molecular flexibility index (Phi) is 7.44. The molecule has 0 spiro atoms. The third-order valence-electron chi connectivity index (χ3n) is 1.30. The summed E-state index contributed by atoms with van der Waals surface area (Å²) in [6.45, 7) is 0. The van der Waals surface area contributed by atoms with Gasteiger partial charge in [-0.3, -0.25) is 19.6 Å². The molecule has 0 fully saturated rings. The summed E-state index contributed by atoms with van der Waals surface area (Å²) in [4.78, 5) is 32.5. The first-order valence-corrected chi connectivity index (χ1v) is 4.84. The molecule has 0 saturated heterocycles. The number of hydrogen-bond donors (Lipinski definition) is 2. The normalized spacial score (nSPS) is 8.47. The number of rotatable bonds is 0.